The quantitative estimate of drug-likeness (QED) is 0.896. The molecule has 1 N–H and O–H groups in total. The van der Waals surface area contributed by atoms with E-state index < -0.39 is 17.9 Å². The van der Waals surface area contributed by atoms with Gasteiger partial charge in [-0.15, -0.1) is 0 Å². The molecule has 0 aromatic heterocycles. The van der Waals surface area contributed by atoms with Crippen LogP contribution in [-0.2, 0) is 14.3 Å². The first-order valence-corrected chi connectivity index (χ1v) is 7.88. The maximum atomic E-state index is 12.4. The van der Waals surface area contributed by atoms with E-state index in [9.17, 15) is 14.7 Å². The van der Waals surface area contributed by atoms with Crippen molar-refractivity contribution in [3.05, 3.63) is 29.8 Å². The number of carboxylic acid groups (broad SMARTS) is 1. The Hall–Kier alpha value is -2.08. The zero-order chi connectivity index (χ0) is 16.4. The Bertz CT molecular complexity index is 579. The Morgan fingerprint density at radius 3 is 2.70 bits per heavy atom. The van der Waals surface area contributed by atoms with Crippen LogP contribution in [0.25, 0.3) is 0 Å². The predicted octanol–water partition coefficient (Wildman–Crippen LogP) is 1.85. The summed E-state index contributed by atoms with van der Waals surface area (Å²) in [7, 11) is 1.58. The molecule has 1 aromatic rings. The standard InChI is InChI=1S/C17H21NO5/c1-22-12-6-4-11(5-7-12)16-14(17(20)21)9-15(19)18(16)10-13-3-2-8-23-13/h4-7,13-14,16H,2-3,8-10H2,1H3,(H,20,21). The molecule has 6 nitrogen and oxygen atoms in total. The third-order valence-corrected chi connectivity index (χ3v) is 4.63. The molecule has 3 unspecified atom stereocenters. The third kappa shape index (κ3) is 3.17. The lowest BCUT2D eigenvalue weighted by atomic mass is 9.93. The highest BCUT2D eigenvalue weighted by atomic mass is 16.5. The van der Waals surface area contributed by atoms with Gasteiger partial charge in [0.25, 0.3) is 0 Å². The minimum atomic E-state index is -0.936. The number of carbonyl (C=O) groups is 2. The number of methoxy groups -OCH3 is 1. The number of hydrogen-bond donors (Lipinski definition) is 1. The van der Waals surface area contributed by atoms with Gasteiger partial charge >= 0.3 is 5.97 Å². The summed E-state index contributed by atoms with van der Waals surface area (Å²) in [4.78, 5) is 25.6. The van der Waals surface area contributed by atoms with Crippen LogP contribution in [-0.4, -0.2) is 48.2 Å². The molecule has 2 aliphatic rings. The van der Waals surface area contributed by atoms with Crippen LogP contribution in [0.15, 0.2) is 24.3 Å². The van der Waals surface area contributed by atoms with E-state index >= 15 is 0 Å². The van der Waals surface area contributed by atoms with Crippen LogP contribution in [0.4, 0.5) is 0 Å². The van der Waals surface area contributed by atoms with Gasteiger partial charge in [-0.1, -0.05) is 12.1 Å². The van der Waals surface area contributed by atoms with Gasteiger partial charge in [0.1, 0.15) is 5.75 Å². The molecule has 2 saturated heterocycles. The molecular weight excluding hydrogens is 298 g/mol. The summed E-state index contributed by atoms with van der Waals surface area (Å²) in [5.41, 5.74) is 0.821. The van der Waals surface area contributed by atoms with Crippen LogP contribution in [0.5, 0.6) is 5.75 Å². The number of aliphatic carboxylic acids is 1. The van der Waals surface area contributed by atoms with Crippen LogP contribution in [0, 0.1) is 5.92 Å². The molecule has 3 rings (SSSR count). The Morgan fingerprint density at radius 1 is 1.39 bits per heavy atom. The highest BCUT2D eigenvalue weighted by Crippen LogP contribution is 2.39. The van der Waals surface area contributed by atoms with Gasteiger partial charge in [0, 0.05) is 19.6 Å². The zero-order valence-electron chi connectivity index (χ0n) is 13.1. The molecule has 1 aromatic carbocycles. The summed E-state index contributed by atoms with van der Waals surface area (Å²) < 4.78 is 10.8. The molecular formula is C17H21NO5. The van der Waals surface area contributed by atoms with E-state index in [1.807, 2.05) is 12.1 Å². The molecule has 0 aliphatic carbocycles. The highest BCUT2D eigenvalue weighted by Gasteiger charge is 2.45. The van der Waals surface area contributed by atoms with Crippen LogP contribution in [0.3, 0.4) is 0 Å². The fraction of sp³-hybridized carbons (Fsp3) is 0.529. The molecule has 1 amide bonds. The molecule has 2 aliphatic heterocycles. The van der Waals surface area contributed by atoms with Crippen LogP contribution in [0.2, 0.25) is 0 Å². The van der Waals surface area contributed by atoms with Gasteiger partial charge in [-0.2, -0.15) is 0 Å². The summed E-state index contributed by atoms with van der Waals surface area (Å²) in [5, 5.41) is 9.51. The minimum Gasteiger partial charge on any atom is -0.497 e. The van der Waals surface area contributed by atoms with Gasteiger partial charge in [-0.05, 0) is 30.5 Å². The number of ether oxygens (including phenoxy) is 2. The first-order valence-electron chi connectivity index (χ1n) is 7.88. The molecule has 0 spiro atoms. The van der Waals surface area contributed by atoms with E-state index in [0.29, 0.717) is 18.9 Å². The maximum Gasteiger partial charge on any atom is 0.309 e. The van der Waals surface area contributed by atoms with Gasteiger partial charge in [0.15, 0.2) is 0 Å². The maximum absolute atomic E-state index is 12.4. The number of amides is 1. The van der Waals surface area contributed by atoms with Crippen molar-refractivity contribution >= 4 is 11.9 Å². The summed E-state index contributed by atoms with van der Waals surface area (Å²) >= 11 is 0. The van der Waals surface area contributed by atoms with Crippen molar-refractivity contribution in [2.24, 2.45) is 5.92 Å². The first-order chi connectivity index (χ1) is 11.1. The van der Waals surface area contributed by atoms with Crippen molar-refractivity contribution in [2.45, 2.75) is 31.4 Å². The Morgan fingerprint density at radius 2 is 2.13 bits per heavy atom. The minimum absolute atomic E-state index is 0.00671. The van der Waals surface area contributed by atoms with Crippen LogP contribution in [0.1, 0.15) is 30.9 Å². The van der Waals surface area contributed by atoms with Crippen molar-refractivity contribution in [3.63, 3.8) is 0 Å². The first kappa shape index (κ1) is 15.8. The highest BCUT2D eigenvalue weighted by molar-refractivity contribution is 5.87. The number of nitrogens with zero attached hydrogens (tertiary/aromatic N) is 1. The Kier molecular flexibility index (Phi) is 4.52. The average molecular weight is 319 g/mol. The second kappa shape index (κ2) is 6.58. The van der Waals surface area contributed by atoms with Gasteiger partial charge in [-0.25, -0.2) is 0 Å². The lowest BCUT2D eigenvalue weighted by Gasteiger charge is -2.29. The van der Waals surface area contributed by atoms with Crippen molar-refractivity contribution in [1.82, 2.24) is 4.90 Å². The smallest absolute Gasteiger partial charge is 0.309 e. The van der Waals surface area contributed by atoms with E-state index in [1.54, 1.807) is 24.1 Å². The number of carboxylic acids is 1. The summed E-state index contributed by atoms with van der Waals surface area (Å²) in [6.45, 7) is 1.17. The average Bonchev–Trinajstić information content (AvgIpc) is 3.17. The summed E-state index contributed by atoms with van der Waals surface area (Å²) in [6, 6.07) is 6.80. The van der Waals surface area contributed by atoms with Gasteiger partial charge in [0.2, 0.25) is 5.91 Å². The topological polar surface area (TPSA) is 76.1 Å². The number of carbonyl (C=O) groups excluding carboxylic acids is 1. The van der Waals surface area contributed by atoms with E-state index in [2.05, 4.69) is 0 Å². The Labute approximate surface area is 135 Å². The van der Waals surface area contributed by atoms with Gasteiger partial charge < -0.3 is 19.5 Å². The largest absolute Gasteiger partial charge is 0.497 e. The van der Waals surface area contributed by atoms with Crippen molar-refractivity contribution in [2.75, 3.05) is 20.3 Å². The normalized spacial score (nSPS) is 27.4. The summed E-state index contributed by atoms with van der Waals surface area (Å²) in [6.07, 6.45) is 1.95. The molecule has 2 heterocycles. The van der Waals surface area contributed by atoms with Crippen LogP contribution >= 0.6 is 0 Å². The van der Waals surface area contributed by atoms with E-state index in [1.165, 1.54) is 0 Å². The third-order valence-electron chi connectivity index (χ3n) is 4.63. The Balaban J connectivity index is 1.87. The second-order valence-corrected chi connectivity index (χ2v) is 6.05. The predicted molar refractivity (Wildman–Crippen MR) is 82.2 cm³/mol. The lowest BCUT2D eigenvalue weighted by Crippen LogP contribution is -2.36. The monoisotopic (exact) mass is 319 g/mol. The number of likely N-dealkylation sites (tertiary alicyclic amines) is 1. The SMILES string of the molecule is COc1ccc(C2C(C(=O)O)CC(=O)N2CC2CCCO2)cc1. The van der Waals surface area contributed by atoms with E-state index in [-0.39, 0.29) is 18.4 Å². The number of hydrogen-bond acceptors (Lipinski definition) is 4. The number of rotatable bonds is 5. The van der Waals surface area contributed by atoms with E-state index in [0.717, 1.165) is 18.4 Å². The molecule has 0 radical (unpaired) electrons. The lowest BCUT2D eigenvalue weighted by molar-refractivity contribution is -0.142. The fourth-order valence-corrected chi connectivity index (χ4v) is 3.45. The van der Waals surface area contributed by atoms with Crippen molar-refractivity contribution in [3.8, 4) is 5.75 Å². The molecule has 6 heteroatoms. The second-order valence-electron chi connectivity index (χ2n) is 6.05. The zero-order valence-corrected chi connectivity index (χ0v) is 13.1. The van der Waals surface area contributed by atoms with Crippen LogP contribution < -0.4 is 4.74 Å². The van der Waals surface area contributed by atoms with Crippen molar-refractivity contribution < 1.29 is 24.2 Å². The molecule has 2 fully saturated rings. The van der Waals surface area contributed by atoms with Gasteiger partial charge in [0.05, 0.1) is 25.2 Å². The summed E-state index contributed by atoms with van der Waals surface area (Å²) in [5.74, 6) is -1.07. The molecule has 3 atom stereocenters. The van der Waals surface area contributed by atoms with Crippen molar-refractivity contribution in [1.29, 1.82) is 0 Å². The molecule has 0 bridgehead atoms. The molecule has 23 heavy (non-hydrogen) atoms. The number of benzene rings is 1. The molecule has 0 saturated carbocycles. The fourth-order valence-electron chi connectivity index (χ4n) is 3.45. The van der Waals surface area contributed by atoms with E-state index in [4.69, 9.17) is 9.47 Å². The van der Waals surface area contributed by atoms with Gasteiger partial charge in [-0.3, -0.25) is 9.59 Å². The molecule has 124 valence electrons.